The fourth-order valence-electron chi connectivity index (χ4n) is 2.34. The van der Waals surface area contributed by atoms with Crippen molar-refractivity contribution in [1.82, 2.24) is 4.90 Å². The third kappa shape index (κ3) is 4.13. The summed E-state index contributed by atoms with van der Waals surface area (Å²) in [7, 11) is 1.66. The summed E-state index contributed by atoms with van der Waals surface area (Å²) in [5.41, 5.74) is 1.62. The number of amides is 1. The Hall–Kier alpha value is -2.82. The molecule has 0 saturated carbocycles. The van der Waals surface area contributed by atoms with Crippen molar-refractivity contribution < 1.29 is 19.4 Å². The second kappa shape index (κ2) is 7.64. The van der Waals surface area contributed by atoms with Gasteiger partial charge < -0.3 is 14.7 Å². The molecule has 126 valence electrons. The van der Waals surface area contributed by atoms with Crippen molar-refractivity contribution in [1.29, 1.82) is 0 Å². The highest BCUT2D eigenvalue weighted by Gasteiger charge is 2.24. The third-order valence-corrected chi connectivity index (χ3v) is 3.73. The molecule has 2 aromatic rings. The van der Waals surface area contributed by atoms with Gasteiger partial charge in [0.25, 0.3) is 5.91 Å². The van der Waals surface area contributed by atoms with Crippen LogP contribution in [0.15, 0.2) is 48.5 Å². The zero-order valence-electron chi connectivity index (χ0n) is 14.0. The van der Waals surface area contributed by atoms with Crippen molar-refractivity contribution in [2.24, 2.45) is 0 Å². The number of carbonyl (C=O) groups is 2. The SMILES string of the molecule is Cc1cccc(C(=O)O[C@@H](C)C(=O)N(C)Cc2ccccc2)c1O. The van der Waals surface area contributed by atoms with E-state index in [9.17, 15) is 14.7 Å². The summed E-state index contributed by atoms with van der Waals surface area (Å²) >= 11 is 0. The molecule has 0 saturated heterocycles. The first-order chi connectivity index (χ1) is 11.4. The molecule has 0 aliphatic rings. The van der Waals surface area contributed by atoms with E-state index >= 15 is 0 Å². The lowest BCUT2D eigenvalue weighted by Crippen LogP contribution is -2.37. The Balaban J connectivity index is 2.00. The maximum Gasteiger partial charge on any atom is 0.342 e. The molecule has 5 nitrogen and oxygen atoms in total. The van der Waals surface area contributed by atoms with Gasteiger partial charge in [-0.05, 0) is 31.0 Å². The van der Waals surface area contributed by atoms with Crippen LogP contribution >= 0.6 is 0 Å². The van der Waals surface area contributed by atoms with Gasteiger partial charge in [0, 0.05) is 13.6 Å². The molecular weight excluding hydrogens is 306 g/mol. The van der Waals surface area contributed by atoms with E-state index in [1.807, 2.05) is 30.3 Å². The van der Waals surface area contributed by atoms with E-state index in [0.717, 1.165) is 5.56 Å². The Labute approximate surface area is 141 Å². The molecular formula is C19H21NO4. The number of carbonyl (C=O) groups excluding carboxylic acids is 2. The van der Waals surface area contributed by atoms with Gasteiger partial charge in [0.05, 0.1) is 0 Å². The van der Waals surface area contributed by atoms with Gasteiger partial charge in [-0.25, -0.2) is 4.79 Å². The van der Waals surface area contributed by atoms with Crippen molar-refractivity contribution in [3.8, 4) is 5.75 Å². The van der Waals surface area contributed by atoms with Crippen LogP contribution in [0.25, 0.3) is 0 Å². The Kier molecular flexibility index (Phi) is 5.58. The summed E-state index contributed by atoms with van der Waals surface area (Å²) in [6.07, 6.45) is -0.939. The molecule has 0 spiro atoms. The van der Waals surface area contributed by atoms with Gasteiger partial charge in [-0.15, -0.1) is 0 Å². The molecule has 2 rings (SSSR count). The molecule has 0 bridgehead atoms. The second-order valence-electron chi connectivity index (χ2n) is 5.70. The van der Waals surface area contributed by atoms with Gasteiger partial charge in [0.2, 0.25) is 0 Å². The zero-order valence-corrected chi connectivity index (χ0v) is 14.0. The van der Waals surface area contributed by atoms with E-state index in [0.29, 0.717) is 12.1 Å². The van der Waals surface area contributed by atoms with Crippen LogP contribution in [0.1, 0.15) is 28.4 Å². The number of hydrogen-bond acceptors (Lipinski definition) is 4. The molecule has 2 aromatic carbocycles. The lowest BCUT2D eigenvalue weighted by atomic mass is 10.1. The van der Waals surface area contributed by atoms with Crippen LogP contribution in [-0.2, 0) is 16.1 Å². The van der Waals surface area contributed by atoms with E-state index < -0.39 is 12.1 Å². The van der Waals surface area contributed by atoms with Gasteiger partial charge in [-0.1, -0.05) is 42.5 Å². The van der Waals surface area contributed by atoms with Gasteiger partial charge in [0.1, 0.15) is 11.3 Å². The van der Waals surface area contributed by atoms with Crippen molar-refractivity contribution in [2.75, 3.05) is 7.05 Å². The highest BCUT2D eigenvalue weighted by molar-refractivity contribution is 5.94. The molecule has 0 aliphatic heterocycles. The predicted octanol–water partition coefficient (Wildman–Crippen LogP) is 2.90. The average Bonchev–Trinajstić information content (AvgIpc) is 2.57. The van der Waals surface area contributed by atoms with Gasteiger partial charge in [-0.2, -0.15) is 0 Å². The van der Waals surface area contributed by atoms with Crippen LogP contribution < -0.4 is 0 Å². The highest BCUT2D eigenvalue weighted by Crippen LogP contribution is 2.22. The van der Waals surface area contributed by atoms with E-state index in [4.69, 9.17) is 4.74 Å². The topological polar surface area (TPSA) is 66.8 Å². The maximum absolute atomic E-state index is 12.4. The average molecular weight is 327 g/mol. The number of likely N-dealkylation sites (N-methyl/N-ethyl adjacent to an activating group) is 1. The zero-order chi connectivity index (χ0) is 17.7. The molecule has 0 aromatic heterocycles. The summed E-state index contributed by atoms with van der Waals surface area (Å²) in [6.45, 7) is 3.64. The van der Waals surface area contributed by atoms with E-state index in [1.54, 1.807) is 26.1 Å². The van der Waals surface area contributed by atoms with Crippen molar-refractivity contribution in [2.45, 2.75) is 26.5 Å². The molecule has 1 N–H and O–H groups in total. The summed E-state index contributed by atoms with van der Waals surface area (Å²) in [5, 5.41) is 9.93. The number of nitrogens with zero attached hydrogens (tertiary/aromatic N) is 1. The Bertz CT molecular complexity index is 727. The van der Waals surface area contributed by atoms with Crippen molar-refractivity contribution in [3.63, 3.8) is 0 Å². The van der Waals surface area contributed by atoms with Crippen LogP contribution in [-0.4, -0.2) is 35.0 Å². The smallest absolute Gasteiger partial charge is 0.342 e. The fourth-order valence-corrected chi connectivity index (χ4v) is 2.34. The third-order valence-electron chi connectivity index (χ3n) is 3.73. The number of aromatic hydroxyl groups is 1. The lowest BCUT2D eigenvalue weighted by Gasteiger charge is -2.21. The maximum atomic E-state index is 12.4. The first-order valence-corrected chi connectivity index (χ1v) is 7.68. The van der Waals surface area contributed by atoms with Crippen molar-refractivity contribution >= 4 is 11.9 Å². The largest absolute Gasteiger partial charge is 0.507 e. The number of esters is 1. The number of para-hydroxylation sites is 1. The van der Waals surface area contributed by atoms with Crippen LogP contribution in [0.4, 0.5) is 0 Å². The highest BCUT2D eigenvalue weighted by atomic mass is 16.5. The number of ether oxygens (including phenoxy) is 1. The van der Waals surface area contributed by atoms with Crippen molar-refractivity contribution in [3.05, 3.63) is 65.2 Å². The van der Waals surface area contributed by atoms with E-state index in [1.165, 1.54) is 17.9 Å². The molecule has 5 heteroatoms. The summed E-state index contributed by atoms with van der Waals surface area (Å²) in [4.78, 5) is 26.0. The van der Waals surface area contributed by atoms with Gasteiger partial charge >= 0.3 is 5.97 Å². The Morgan fingerprint density at radius 1 is 1.12 bits per heavy atom. The quantitative estimate of drug-likeness (QED) is 0.858. The molecule has 24 heavy (non-hydrogen) atoms. The first kappa shape index (κ1) is 17.5. The number of aryl methyl sites for hydroxylation is 1. The molecule has 0 aliphatic carbocycles. The Morgan fingerprint density at radius 2 is 1.79 bits per heavy atom. The minimum Gasteiger partial charge on any atom is -0.507 e. The van der Waals surface area contributed by atoms with Crippen LogP contribution in [0.3, 0.4) is 0 Å². The molecule has 0 radical (unpaired) electrons. The fraction of sp³-hybridized carbons (Fsp3) is 0.263. The van der Waals surface area contributed by atoms with Gasteiger partial charge in [-0.3, -0.25) is 4.79 Å². The normalized spacial score (nSPS) is 11.6. The van der Waals surface area contributed by atoms with Gasteiger partial charge in [0.15, 0.2) is 6.10 Å². The number of phenolic OH excluding ortho intramolecular Hbond substituents is 1. The molecule has 1 amide bonds. The standard InChI is InChI=1S/C19H21NO4/c1-13-8-7-11-16(17(13)21)19(23)24-14(2)18(22)20(3)12-15-9-5-4-6-10-15/h4-11,14,21H,12H2,1-3H3/t14-/m0/s1. The van der Waals surface area contributed by atoms with Crippen LogP contribution in [0, 0.1) is 6.92 Å². The number of rotatable bonds is 5. The van der Waals surface area contributed by atoms with Crippen LogP contribution in [0.2, 0.25) is 0 Å². The number of hydrogen-bond donors (Lipinski definition) is 1. The lowest BCUT2D eigenvalue weighted by molar-refractivity contribution is -0.139. The number of phenols is 1. The monoisotopic (exact) mass is 327 g/mol. The molecule has 0 fully saturated rings. The van der Waals surface area contributed by atoms with Crippen LogP contribution in [0.5, 0.6) is 5.75 Å². The molecule has 0 unspecified atom stereocenters. The predicted molar refractivity (Wildman–Crippen MR) is 90.6 cm³/mol. The number of benzene rings is 2. The minimum atomic E-state index is -0.939. The molecule has 1 atom stereocenters. The Morgan fingerprint density at radius 3 is 2.46 bits per heavy atom. The molecule has 0 heterocycles. The van der Waals surface area contributed by atoms with E-state index in [2.05, 4.69) is 0 Å². The summed E-state index contributed by atoms with van der Waals surface area (Å²) < 4.78 is 5.20. The minimum absolute atomic E-state index is 0.0559. The second-order valence-corrected chi connectivity index (χ2v) is 5.70. The summed E-state index contributed by atoms with van der Waals surface area (Å²) in [5.74, 6) is -1.15. The van der Waals surface area contributed by atoms with E-state index in [-0.39, 0.29) is 17.2 Å². The first-order valence-electron chi connectivity index (χ1n) is 7.68. The summed E-state index contributed by atoms with van der Waals surface area (Å²) in [6, 6.07) is 14.4.